The minimum atomic E-state index is -1.08. The molecule has 1 saturated heterocycles. The summed E-state index contributed by atoms with van der Waals surface area (Å²) in [6, 6.07) is -1.71. The summed E-state index contributed by atoms with van der Waals surface area (Å²) in [4.78, 5) is 38.4. The van der Waals surface area contributed by atoms with Gasteiger partial charge in [-0.1, -0.05) is 34.9 Å². The van der Waals surface area contributed by atoms with Gasteiger partial charge in [0.1, 0.15) is 17.7 Å². The molecule has 0 radical (unpaired) electrons. The van der Waals surface area contributed by atoms with Crippen LogP contribution in [0.25, 0.3) is 0 Å². The predicted octanol–water partition coefficient (Wildman–Crippen LogP) is 6.11. The molecule has 0 aromatic carbocycles. The highest BCUT2D eigenvalue weighted by molar-refractivity contribution is 7.99. The molecule has 1 aliphatic heterocycles. The van der Waals surface area contributed by atoms with Gasteiger partial charge in [-0.3, -0.25) is 9.69 Å². The fourth-order valence-corrected chi connectivity index (χ4v) is 4.75. The predicted molar refractivity (Wildman–Crippen MR) is 148 cm³/mol. The highest BCUT2D eigenvalue weighted by Gasteiger charge is 2.37. The standard InChI is InChI=1S/C28H46N2O5S/c1-20(2)11-8-12-21(3)13-9-14-22(4)16-18-36-19-23(26(32)33)29-25(31)24-15-10-17-30(24)27(34)35-28(5,6)7/h11,13,16,23-24H,8-10,12,14-15,17-19H2,1-7H3,(H,29,31)(H,32,33)/b21-13+,22-16+/t23-,24-/m0/s1. The molecular formula is C28H46N2O5S. The molecule has 2 atom stereocenters. The quantitative estimate of drug-likeness (QED) is 0.224. The molecule has 0 aromatic heterocycles. The van der Waals surface area contributed by atoms with Crippen molar-refractivity contribution >= 4 is 29.7 Å². The summed E-state index contributed by atoms with van der Waals surface area (Å²) in [5, 5.41) is 12.2. The van der Waals surface area contributed by atoms with Crippen LogP contribution >= 0.6 is 11.8 Å². The molecule has 0 bridgehead atoms. The average Bonchev–Trinajstić information content (AvgIpc) is 3.24. The molecule has 8 heteroatoms. The van der Waals surface area contributed by atoms with Gasteiger partial charge >= 0.3 is 12.1 Å². The van der Waals surface area contributed by atoms with Crippen molar-refractivity contribution in [1.82, 2.24) is 10.2 Å². The number of thioether (sulfide) groups is 1. The molecule has 1 heterocycles. The number of nitrogens with zero attached hydrogens (tertiary/aromatic N) is 1. The van der Waals surface area contributed by atoms with Crippen LogP contribution in [0.1, 0.15) is 87.0 Å². The lowest BCUT2D eigenvalue weighted by molar-refractivity contribution is -0.141. The van der Waals surface area contributed by atoms with E-state index in [0.717, 1.165) is 25.7 Å². The van der Waals surface area contributed by atoms with E-state index in [2.05, 4.69) is 51.2 Å². The number of likely N-dealkylation sites (tertiary alicyclic amines) is 1. The van der Waals surface area contributed by atoms with E-state index < -0.39 is 35.7 Å². The molecule has 2 amide bonds. The number of carboxylic acid groups (broad SMARTS) is 1. The van der Waals surface area contributed by atoms with E-state index in [1.807, 2.05) is 0 Å². The second-order valence-electron chi connectivity index (χ2n) is 10.7. The first-order chi connectivity index (χ1) is 16.8. The number of ether oxygens (including phenoxy) is 1. The van der Waals surface area contributed by atoms with E-state index in [0.29, 0.717) is 25.1 Å². The number of carboxylic acids is 1. The topological polar surface area (TPSA) is 95.9 Å². The first kappa shape index (κ1) is 31.8. The van der Waals surface area contributed by atoms with Crippen LogP contribution in [0.4, 0.5) is 4.79 Å². The van der Waals surface area contributed by atoms with Crippen molar-refractivity contribution in [2.24, 2.45) is 0 Å². The lowest BCUT2D eigenvalue weighted by Gasteiger charge is -2.28. The van der Waals surface area contributed by atoms with Gasteiger partial charge < -0.3 is 15.2 Å². The zero-order valence-corrected chi connectivity index (χ0v) is 24.0. The molecule has 0 unspecified atom stereocenters. The van der Waals surface area contributed by atoms with Crippen molar-refractivity contribution < 1.29 is 24.2 Å². The average molecular weight is 523 g/mol. The van der Waals surface area contributed by atoms with Gasteiger partial charge in [0, 0.05) is 18.1 Å². The van der Waals surface area contributed by atoms with Crippen LogP contribution < -0.4 is 5.32 Å². The van der Waals surface area contributed by atoms with Crippen molar-refractivity contribution in [3.63, 3.8) is 0 Å². The fraction of sp³-hybridized carbons (Fsp3) is 0.679. The maximum absolute atomic E-state index is 12.8. The Kier molecular flexibility index (Phi) is 14.0. The van der Waals surface area contributed by atoms with Gasteiger partial charge in [-0.2, -0.15) is 11.8 Å². The lowest BCUT2D eigenvalue weighted by Crippen LogP contribution is -2.52. The van der Waals surface area contributed by atoms with E-state index in [1.54, 1.807) is 20.8 Å². The van der Waals surface area contributed by atoms with Crippen molar-refractivity contribution in [3.05, 3.63) is 34.9 Å². The summed E-state index contributed by atoms with van der Waals surface area (Å²) in [5.74, 6) is -0.577. The summed E-state index contributed by atoms with van der Waals surface area (Å²) in [6.07, 6.45) is 11.4. The van der Waals surface area contributed by atoms with Crippen molar-refractivity contribution in [3.8, 4) is 0 Å². The zero-order chi connectivity index (χ0) is 27.3. The smallest absolute Gasteiger partial charge is 0.410 e. The third-order valence-corrected chi connectivity index (χ3v) is 6.73. The Morgan fingerprint density at radius 2 is 1.67 bits per heavy atom. The largest absolute Gasteiger partial charge is 0.480 e. The number of rotatable bonds is 13. The maximum Gasteiger partial charge on any atom is 0.410 e. The van der Waals surface area contributed by atoms with Crippen LogP contribution in [0.15, 0.2) is 34.9 Å². The Morgan fingerprint density at radius 1 is 1.06 bits per heavy atom. The number of aliphatic carboxylic acids is 1. The first-order valence-corrected chi connectivity index (χ1v) is 14.0. The molecule has 1 fully saturated rings. The van der Waals surface area contributed by atoms with E-state index in [1.165, 1.54) is 33.4 Å². The number of carbonyl (C=O) groups excluding carboxylic acids is 2. The summed E-state index contributed by atoms with van der Waals surface area (Å²) in [5.41, 5.74) is 3.37. The van der Waals surface area contributed by atoms with Crippen LogP contribution in [0.2, 0.25) is 0 Å². The minimum absolute atomic E-state index is 0.257. The van der Waals surface area contributed by atoms with Crippen LogP contribution in [-0.2, 0) is 14.3 Å². The van der Waals surface area contributed by atoms with Gasteiger partial charge in [-0.15, -0.1) is 0 Å². The molecule has 0 aliphatic carbocycles. The third-order valence-electron chi connectivity index (χ3n) is 5.75. The van der Waals surface area contributed by atoms with Gasteiger partial charge in [-0.05, 0) is 87.0 Å². The molecule has 1 aliphatic rings. The molecule has 204 valence electrons. The Bertz CT molecular complexity index is 837. The van der Waals surface area contributed by atoms with Crippen LogP contribution in [0.5, 0.6) is 0 Å². The molecule has 36 heavy (non-hydrogen) atoms. The normalized spacial score (nSPS) is 17.5. The Morgan fingerprint density at radius 3 is 2.25 bits per heavy atom. The van der Waals surface area contributed by atoms with Crippen LogP contribution in [-0.4, -0.2) is 63.7 Å². The van der Waals surface area contributed by atoms with Crippen molar-refractivity contribution in [2.75, 3.05) is 18.1 Å². The molecule has 0 aromatic rings. The first-order valence-electron chi connectivity index (χ1n) is 12.9. The highest BCUT2D eigenvalue weighted by Crippen LogP contribution is 2.21. The Hall–Kier alpha value is -2.22. The van der Waals surface area contributed by atoms with Gasteiger partial charge in [0.25, 0.3) is 0 Å². The minimum Gasteiger partial charge on any atom is -0.480 e. The summed E-state index contributed by atoms with van der Waals surface area (Å²) >= 11 is 1.47. The lowest BCUT2D eigenvalue weighted by atomic mass is 10.1. The van der Waals surface area contributed by atoms with Crippen molar-refractivity contribution in [1.29, 1.82) is 0 Å². The van der Waals surface area contributed by atoms with E-state index in [-0.39, 0.29) is 5.75 Å². The fourth-order valence-electron chi connectivity index (χ4n) is 3.75. The molecule has 1 rings (SSSR count). The molecule has 7 nitrogen and oxygen atoms in total. The second kappa shape index (κ2) is 15.8. The van der Waals surface area contributed by atoms with E-state index in [9.17, 15) is 19.5 Å². The number of amides is 2. The Labute approximate surface area is 221 Å². The van der Waals surface area contributed by atoms with E-state index >= 15 is 0 Å². The maximum atomic E-state index is 12.8. The molecule has 2 N–H and O–H groups in total. The van der Waals surface area contributed by atoms with Crippen LogP contribution in [0, 0.1) is 0 Å². The molecular weight excluding hydrogens is 476 g/mol. The number of nitrogens with one attached hydrogen (secondary N) is 1. The van der Waals surface area contributed by atoms with Gasteiger partial charge in [-0.25, -0.2) is 9.59 Å². The summed E-state index contributed by atoms with van der Waals surface area (Å²) in [7, 11) is 0. The van der Waals surface area contributed by atoms with Crippen molar-refractivity contribution in [2.45, 2.75) is 105 Å². The summed E-state index contributed by atoms with van der Waals surface area (Å²) in [6.45, 7) is 14.2. The second-order valence-corrected chi connectivity index (χ2v) is 11.8. The van der Waals surface area contributed by atoms with Gasteiger partial charge in [0.2, 0.25) is 5.91 Å². The zero-order valence-electron chi connectivity index (χ0n) is 23.2. The van der Waals surface area contributed by atoms with Gasteiger partial charge in [0.15, 0.2) is 0 Å². The monoisotopic (exact) mass is 522 g/mol. The SMILES string of the molecule is CC(C)=CCC/C(C)=C/CC/C(C)=C/CSC[C@H](NC(=O)[C@@H]1CCCN1C(=O)OC(C)(C)C)C(=O)O. The summed E-state index contributed by atoms with van der Waals surface area (Å²) < 4.78 is 5.40. The number of allylic oxidation sites excluding steroid dienone is 5. The number of carbonyl (C=O) groups is 3. The number of hydrogen-bond acceptors (Lipinski definition) is 5. The van der Waals surface area contributed by atoms with E-state index in [4.69, 9.17) is 4.74 Å². The third kappa shape index (κ3) is 13.2. The Balaban J connectivity index is 2.49. The van der Waals surface area contributed by atoms with Gasteiger partial charge in [0.05, 0.1) is 0 Å². The molecule has 0 spiro atoms. The molecule has 0 saturated carbocycles. The number of hydrogen-bond donors (Lipinski definition) is 2. The highest BCUT2D eigenvalue weighted by atomic mass is 32.2. The van der Waals surface area contributed by atoms with Crippen LogP contribution in [0.3, 0.4) is 0 Å².